The molecule has 0 radical (unpaired) electrons. The molecule has 0 unspecified atom stereocenters. The molecule has 2 amide bonds. The summed E-state index contributed by atoms with van der Waals surface area (Å²) >= 11 is 0. The van der Waals surface area contributed by atoms with E-state index < -0.39 is 0 Å². The maximum absolute atomic E-state index is 12.7. The van der Waals surface area contributed by atoms with Gasteiger partial charge in [-0.1, -0.05) is 0 Å². The van der Waals surface area contributed by atoms with Crippen LogP contribution in [0.4, 0.5) is 0 Å². The Morgan fingerprint density at radius 1 is 1.00 bits per heavy atom. The fourth-order valence-corrected chi connectivity index (χ4v) is 4.03. The van der Waals surface area contributed by atoms with E-state index >= 15 is 0 Å². The molecular weight excluding hydrogens is 350 g/mol. The number of likely N-dealkylation sites (tertiary alicyclic amines) is 1. The molecule has 3 aliphatic heterocycles. The third kappa shape index (κ3) is 3.87. The normalized spacial score (nSPS) is 24.4. The van der Waals surface area contributed by atoms with Crippen LogP contribution in [-0.4, -0.2) is 78.7 Å². The molecule has 0 aliphatic carbocycles. The van der Waals surface area contributed by atoms with Crippen LogP contribution in [-0.2, 0) is 14.3 Å². The molecule has 8 heteroatoms. The summed E-state index contributed by atoms with van der Waals surface area (Å²) in [5, 5.41) is 0. The van der Waals surface area contributed by atoms with Crippen LogP contribution in [0.1, 0.15) is 53.7 Å². The molecular formula is C19H27N3O5. The summed E-state index contributed by atoms with van der Waals surface area (Å²) in [4.78, 5) is 33.3. The van der Waals surface area contributed by atoms with Gasteiger partial charge in [-0.05, 0) is 32.6 Å². The molecule has 8 nitrogen and oxygen atoms in total. The Hall–Kier alpha value is -1.93. The second-order valence-electron chi connectivity index (χ2n) is 7.46. The number of oxazole rings is 1. The molecule has 148 valence electrons. The molecule has 1 atom stereocenters. The van der Waals surface area contributed by atoms with E-state index in [1.807, 2.05) is 4.90 Å². The van der Waals surface area contributed by atoms with Crippen molar-refractivity contribution in [2.45, 2.75) is 44.6 Å². The van der Waals surface area contributed by atoms with Gasteiger partial charge in [-0.3, -0.25) is 9.59 Å². The molecule has 0 aromatic carbocycles. The summed E-state index contributed by atoms with van der Waals surface area (Å²) in [6.07, 6.45) is 3.11. The van der Waals surface area contributed by atoms with Crippen molar-refractivity contribution in [3.63, 3.8) is 0 Å². The summed E-state index contributed by atoms with van der Waals surface area (Å²) in [6, 6.07) is 0. The molecule has 4 heterocycles. The van der Waals surface area contributed by atoms with Gasteiger partial charge >= 0.3 is 0 Å². The molecule has 4 rings (SSSR count). The van der Waals surface area contributed by atoms with Crippen molar-refractivity contribution in [3.8, 4) is 0 Å². The number of carbonyl (C=O) groups is 2. The van der Waals surface area contributed by atoms with Gasteiger partial charge in [-0.15, -0.1) is 0 Å². The van der Waals surface area contributed by atoms with Gasteiger partial charge in [0.05, 0.1) is 13.2 Å². The third-order valence-corrected chi connectivity index (χ3v) is 5.68. The predicted molar refractivity (Wildman–Crippen MR) is 95.5 cm³/mol. The first-order valence-corrected chi connectivity index (χ1v) is 9.88. The zero-order valence-electron chi connectivity index (χ0n) is 15.8. The van der Waals surface area contributed by atoms with Gasteiger partial charge in [0.15, 0.2) is 11.6 Å². The van der Waals surface area contributed by atoms with Crippen molar-refractivity contribution < 1.29 is 23.5 Å². The van der Waals surface area contributed by atoms with Crippen LogP contribution < -0.4 is 0 Å². The van der Waals surface area contributed by atoms with Crippen molar-refractivity contribution >= 4 is 11.8 Å². The maximum Gasteiger partial charge on any atom is 0.276 e. The first-order chi connectivity index (χ1) is 13.1. The first kappa shape index (κ1) is 18.4. The number of nitrogens with zero attached hydrogens (tertiary/aromatic N) is 3. The minimum Gasteiger partial charge on any atom is -0.445 e. The number of rotatable bonds is 3. The van der Waals surface area contributed by atoms with E-state index in [0.29, 0.717) is 63.3 Å². The van der Waals surface area contributed by atoms with Gasteiger partial charge in [0.25, 0.3) is 11.8 Å². The Morgan fingerprint density at radius 3 is 2.41 bits per heavy atom. The Bertz CT molecular complexity index is 684. The molecule has 0 bridgehead atoms. The minimum atomic E-state index is -0.261. The van der Waals surface area contributed by atoms with Gasteiger partial charge in [-0.25, -0.2) is 4.98 Å². The van der Waals surface area contributed by atoms with Gasteiger partial charge in [0.2, 0.25) is 0 Å². The zero-order chi connectivity index (χ0) is 18.8. The number of amides is 2. The standard InChI is InChI=1S/C19H27N3O5/c1-13-16(19(24)22-8-11-25-12-9-22)20-17(27-13)14-4-6-21(7-5-14)18(23)15-3-2-10-26-15/h14-15H,2-12H2,1H3/t15-/m1/s1. The number of ether oxygens (including phenoxy) is 2. The highest BCUT2D eigenvalue weighted by atomic mass is 16.5. The number of carbonyl (C=O) groups excluding carboxylic acids is 2. The lowest BCUT2D eigenvalue weighted by Crippen LogP contribution is -2.43. The van der Waals surface area contributed by atoms with Crippen LogP contribution in [0.5, 0.6) is 0 Å². The summed E-state index contributed by atoms with van der Waals surface area (Å²) in [5.74, 6) is 1.35. The molecule has 3 aliphatic rings. The molecule has 1 aromatic heterocycles. The highest BCUT2D eigenvalue weighted by molar-refractivity contribution is 5.93. The molecule has 27 heavy (non-hydrogen) atoms. The molecule has 3 fully saturated rings. The number of aryl methyl sites for hydroxylation is 1. The third-order valence-electron chi connectivity index (χ3n) is 5.68. The van der Waals surface area contributed by atoms with E-state index in [1.165, 1.54) is 0 Å². The van der Waals surface area contributed by atoms with E-state index in [9.17, 15) is 9.59 Å². The molecule has 0 spiro atoms. The van der Waals surface area contributed by atoms with Crippen molar-refractivity contribution in [3.05, 3.63) is 17.3 Å². The predicted octanol–water partition coefficient (Wildman–Crippen LogP) is 1.34. The van der Waals surface area contributed by atoms with Crippen LogP contribution >= 0.6 is 0 Å². The summed E-state index contributed by atoms with van der Waals surface area (Å²) in [6.45, 7) is 6.13. The number of piperidine rings is 1. The van der Waals surface area contributed by atoms with E-state index in [4.69, 9.17) is 13.9 Å². The minimum absolute atomic E-state index is 0.0863. The second kappa shape index (κ2) is 7.98. The van der Waals surface area contributed by atoms with Crippen LogP contribution in [0.3, 0.4) is 0 Å². The quantitative estimate of drug-likeness (QED) is 0.790. The second-order valence-corrected chi connectivity index (χ2v) is 7.46. The van der Waals surface area contributed by atoms with E-state index in [-0.39, 0.29) is 23.8 Å². The van der Waals surface area contributed by atoms with E-state index in [1.54, 1.807) is 11.8 Å². The van der Waals surface area contributed by atoms with Gasteiger partial charge < -0.3 is 23.7 Å². The SMILES string of the molecule is Cc1oc(C2CCN(C(=O)[C@H]3CCCO3)CC2)nc1C(=O)N1CCOCC1. The first-order valence-electron chi connectivity index (χ1n) is 9.88. The fourth-order valence-electron chi connectivity index (χ4n) is 4.03. The Kier molecular flexibility index (Phi) is 5.45. The molecule has 3 saturated heterocycles. The topological polar surface area (TPSA) is 85.1 Å². The fraction of sp³-hybridized carbons (Fsp3) is 0.737. The van der Waals surface area contributed by atoms with E-state index in [2.05, 4.69) is 4.98 Å². The highest BCUT2D eigenvalue weighted by Gasteiger charge is 2.33. The average Bonchev–Trinajstić information content (AvgIpc) is 3.38. The monoisotopic (exact) mass is 377 g/mol. The lowest BCUT2D eigenvalue weighted by molar-refractivity contribution is -0.142. The number of aromatic nitrogens is 1. The Labute approximate surface area is 158 Å². The van der Waals surface area contributed by atoms with Crippen molar-refractivity contribution in [2.24, 2.45) is 0 Å². The molecule has 0 saturated carbocycles. The van der Waals surface area contributed by atoms with Crippen molar-refractivity contribution in [1.29, 1.82) is 0 Å². The average molecular weight is 377 g/mol. The van der Waals surface area contributed by atoms with Gasteiger partial charge in [0, 0.05) is 38.7 Å². The Morgan fingerprint density at radius 2 is 1.74 bits per heavy atom. The zero-order valence-corrected chi connectivity index (χ0v) is 15.8. The van der Waals surface area contributed by atoms with Crippen LogP contribution in [0.15, 0.2) is 4.42 Å². The highest BCUT2D eigenvalue weighted by Crippen LogP contribution is 2.30. The lowest BCUT2D eigenvalue weighted by atomic mass is 9.96. The summed E-state index contributed by atoms with van der Waals surface area (Å²) in [5.41, 5.74) is 0.407. The number of hydrogen-bond donors (Lipinski definition) is 0. The van der Waals surface area contributed by atoms with E-state index in [0.717, 1.165) is 25.7 Å². The van der Waals surface area contributed by atoms with Crippen LogP contribution in [0.25, 0.3) is 0 Å². The van der Waals surface area contributed by atoms with Crippen LogP contribution in [0, 0.1) is 6.92 Å². The Balaban J connectivity index is 1.37. The number of morpholine rings is 1. The van der Waals surface area contributed by atoms with Gasteiger partial charge in [-0.2, -0.15) is 0 Å². The smallest absolute Gasteiger partial charge is 0.276 e. The number of hydrogen-bond acceptors (Lipinski definition) is 6. The largest absolute Gasteiger partial charge is 0.445 e. The lowest BCUT2D eigenvalue weighted by Gasteiger charge is -2.32. The molecule has 0 N–H and O–H groups in total. The van der Waals surface area contributed by atoms with Gasteiger partial charge in [0.1, 0.15) is 11.9 Å². The summed E-state index contributed by atoms with van der Waals surface area (Å²) < 4.78 is 16.7. The summed E-state index contributed by atoms with van der Waals surface area (Å²) in [7, 11) is 0. The molecule has 1 aromatic rings. The van der Waals surface area contributed by atoms with Crippen molar-refractivity contribution in [1.82, 2.24) is 14.8 Å². The maximum atomic E-state index is 12.7. The van der Waals surface area contributed by atoms with Crippen molar-refractivity contribution in [2.75, 3.05) is 46.0 Å². The van der Waals surface area contributed by atoms with Crippen LogP contribution in [0.2, 0.25) is 0 Å².